The Kier molecular flexibility index (Phi) is 9.58. The van der Waals surface area contributed by atoms with Crippen molar-refractivity contribution < 1.29 is 43.2 Å². The van der Waals surface area contributed by atoms with Gasteiger partial charge in [-0.05, 0) is 64.2 Å². The van der Waals surface area contributed by atoms with Crippen LogP contribution in [-0.2, 0) is 28.5 Å². The van der Waals surface area contributed by atoms with Crippen LogP contribution in [0.25, 0.3) is 0 Å². The average Bonchev–Trinajstić information content (AvgIpc) is 3.49. The summed E-state index contributed by atoms with van der Waals surface area (Å²) in [5.74, 6) is -2.15. The Morgan fingerprint density at radius 2 is 1.91 bits per heavy atom. The number of fused-ring (bicyclic) bond motifs is 1. The molecule has 0 unspecified atom stereocenters. The summed E-state index contributed by atoms with van der Waals surface area (Å²) in [6, 6.07) is 3.50. The Bertz CT molecular complexity index is 1260. The number of aliphatic hydroxyl groups is 1. The molecule has 11 atom stereocenters. The third-order valence-corrected chi connectivity index (χ3v) is 9.78. The van der Waals surface area contributed by atoms with Gasteiger partial charge in [-0.3, -0.25) is 0 Å². The normalized spacial score (nSPS) is 35.6. The summed E-state index contributed by atoms with van der Waals surface area (Å²) < 4.78 is 30.4. The number of aromatic nitrogens is 1. The maximum Gasteiger partial charge on any atom is 0.407 e. The van der Waals surface area contributed by atoms with Crippen LogP contribution in [0.1, 0.15) is 70.8 Å². The molecule has 1 aromatic rings. The van der Waals surface area contributed by atoms with E-state index in [1.54, 1.807) is 32.2 Å². The van der Waals surface area contributed by atoms with Crippen molar-refractivity contribution in [3.63, 3.8) is 0 Å². The highest BCUT2D eigenvalue weighted by Crippen LogP contribution is 2.53. The van der Waals surface area contributed by atoms with Crippen LogP contribution >= 0.6 is 0 Å². The van der Waals surface area contributed by atoms with Crippen molar-refractivity contribution in [2.45, 2.75) is 109 Å². The van der Waals surface area contributed by atoms with Gasteiger partial charge < -0.3 is 39.1 Å². The number of esters is 2. The number of aliphatic hydroxyl groups excluding tert-OH is 1. The molecule has 3 heterocycles. The second kappa shape index (κ2) is 13.1. The number of amides is 1. The van der Waals surface area contributed by atoms with E-state index in [1.807, 2.05) is 26.8 Å². The first kappa shape index (κ1) is 32.2. The first-order valence-electron chi connectivity index (χ1n) is 15.7. The van der Waals surface area contributed by atoms with Gasteiger partial charge in [-0.15, -0.1) is 0 Å². The number of hydrogen-bond acceptors (Lipinski definition) is 9. The highest BCUT2D eigenvalue weighted by atomic mass is 16.6. The van der Waals surface area contributed by atoms with Gasteiger partial charge in [0, 0.05) is 43.0 Å². The van der Waals surface area contributed by atoms with E-state index in [9.17, 15) is 19.5 Å². The number of alkyl carbamates (subject to hydrolysis) is 1. The van der Waals surface area contributed by atoms with Gasteiger partial charge in [0.15, 0.2) is 6.10 Å². The molecule has 1 amide bonds. The van der Waals surface area contributed by atoms with Crippen molar-refractivity contribution in [2.24, 2.45) is 23.7 Å². The van der Waals surface area contributed by atoms with Gasteiger partial charge in [0.2, 0.25) is 0 Å². The molecule has 11 nitrogen and oxygen atoms in total. The molecule has 242 valence electrons. The first-order chi connectivity index (χ1) is 20.9. The second-order valence-corrected chi connectivity index (χ2v) is 13.0. The van der Waals surface area contributed by atoms with Crippen molar-refractivity contribution in [1.29, 1.82) is 0 Å². The highest BCUT2D eigenvalue weighted by molar-refractivity contribution is 5.87. The molecule has 1 aromatic heterocycles. The third-order valence-electron chi connectivity index (χ3n) is 9.78. The van der Waals surface area contributed by atoms with Crippen LogP contribution < -0.4 is 5.32 Å². The van der Waals surface area contributed by atoms with E-state index >= 15 is 0 Å². The van der Waals surface area contributed by atoms with E-state index in [1.165, 1.54) is 7.11 Å². The number of aromatic amines is 1. The van der Waals surface area contributed by atoms with Gasteiger partial charge in [0.1, 0.15) is 30.1 Å². The summed E-state index contributed by atoms with van der Waals surface area (Å²) in [7, 11) is 1.47. The van der Waals surface area contributed by atoms with Crippen LogP contribution in [0.15, 0.2) is 42.1 Å². The zero-order chi connectivity index (χ0) is 31.8. The molecule has 4 aliphatic rings. The van der Waals surface area contributed by atoms with Gasteiger partial charge in [0.05, 0.1) is 11.7 Å². The molecule has 2 aliphatic carbocycles. The Morgan fingerprint density at radius 3 is 2.55 bits per heavy atom. The van der Waals surface area contributed by atoms with Gasteiger partial charge in [-0.1, -0.05) is 32.1 Å². The number of carbonyl (C=O) groups excluding carboxylic acids is 3. The summed E-state index contributed by atoms with van der Waals surface area (Å²) in [6.07, 6.45) is 5.65. The number of cyclic esters (lactones) is 1. The van der Waals surface area contributed by atoms with E-state index in [0.717, 1.165) is 18.4 Å². The minimum Gasteiger partial charge on any atom is -0.456 e. The minimum absolute atomic E-state index is 0.104. The van der Waals surface area contributed by atoms with Crippen LogP contribution in [0, 0.1) is 23.7 Å². The lowest BCUT2D eigenvalue weighted by Gasteiger charge is -2.41. The Balaban J connectivity index is 1.46. The maximum atomic E-state index is 13.4. The van der Waals surface area contributed by atoms with Crippen molar-refractivity contribution in [3.8, 4) is 0 Å². The van der Waals surface area contributed by atoms with E-state index in [0.29, 0.717) is 18.5 Å². The molecule has 11 heteroatoms. The van der Waals surface area contributed by atoms with Gasteiger partial charge >= 0.3 is 18.0 Å². The second-order valence-electron chi connectivity index (χ2n) is 13.0. The molecule has 1 saturated heterocycles. The maximum absolute atomic E-state index is 13.4. The predicted octanol–water partition coefficient (Wildman–Crippen LogP) is 4.08. The largest absolute Gasteiger partial charge is 0.456 e. The van der Waals surface area contributed by atoms with Gasteiger partial charge in [0.25, 0.3) is 0 Å². The third kappa shape index (κ3) is 6.60. The molecule has 1 saturated carbocycles. The molecule has 3 N–H and O–H groups in total. The standard InChI is InChI=1S/C33H46N2O9/c1-17-14-18(2)33-16-22(29(44-33)28(19(3)20(4)36)43-30(37)25-8-7-13-34-25)9-10-23(33)15-26(40-6)31(38)42-27(17)21(5)41-32(39)35-24-11-12-24/h7-10,13-14,17,19-24,26-29,34,36H,11-12,15-16H2,1-6H3,(H,35,39)/b18-14+/t17-,19-,20+,21-,22-,23-,26+,27+,28-,29-,33+/m1/s1. The lowest BCUT2D eigenvalue weighted by atomic mass is 9.69. The zero-order valence-electron chi connectivity index (χ0n) is 26.4. The number of carbonyl (C=O) groups is 3. The van der Waals surface area contributed by atoms with Crippen LogP contribution in [0.4, 0.5) is 4.79 Å². The molecule has 2 aliphatic heterocycles. The van der Waals surface area contributed by atoms with Crippen LogP contribution in [-0.4, -0.2) is 83.5 Å². The molecule has 44 heavy (non-hydrogen) atoms. The van der Waals surface area contributed by atoms with Crippen molar-refractivity contribution in [2.75, 3.05) is 7.11 Å². The summed E-state index contributed by atoms with van der Waals surface area (Å²) in [5, 5.41) is 13.4. The highest BCUT2D eigenvalue weighted by Gasteiger charge is 2.57. The van der Waals surface area contributed by atoms with Crippen LogP contribution in [0.3, 0.4) is 0 Å². The Labute approximate surface area is 258 Å². The van der Waals surface area contributed by atoms with Crippen molar-refractivity contribution in [3.05, 3.63) is 47.8 Å². The molecule has 2 fully saturated rings. The number of nitrogens with one attached hydrogen (secondary N) is 2. The SMILES string of the molecule is CO[C@H]1C[C@H]2C=C[C@@H]3C[C@]2(O[C@H]3[C@H](OC(=O)c2ccc[nH]2)[C@H](C)[C@H](C)O)/C(C)=C/[C@@H](C)[C@@H]([C@@H](C)OC(=O)NC2CC2)OC1=O. The predicted molar refractivity (Wildman–Crippen MR) is 159 cm³/mol. The number of H-pyrrole nitrogens is 1. The monoisotopic (exact) mass is 614 g/mol. The number of ether oxygens (including phenoxy) is 5. The zero-order valence-corrected chi connectivity index (χ0v) is 26.4. The van der Waals surface area contributed by atoms with E-state index in [-0.39, 0.29) is 23.8 Å². The average molecular weight is 615 g/mol. The summed E-state index contributed by atoms with van der Waals surface area (Å²) in [4.78, 5) is 41.9. The summed E-state index contributed by atoms with van der Waals surface area (Å²) in [6.45, 7) is 9.18. The number of hydrogen-bond donors (Lipinski definition) is 3. The van der Waals surface area contributed by atoms with Crippen LogP contribution in [0.2, 0.25) is 0 Å². The number of rotatable bonds is 9. The van der Waals surface area contributed by atoms with Crippen LogP contribution in [0.5, 0.6) is 0 Å². The molecule has 1 spiro atoms. The Morgan fingerprint density at radius 1 is 1.16 bits per heavy atom. The van der Waals surface area contributed by atoms with Gasteiger partial charge in [-0.2, -0.15) is 0 Å². The lowest BCUT2D eigenvalue weighted by Crippen LogP contribution is -2.48. The van der Waals surface area contributed by atoms with E-state index in [2.05, 4.69) is 22.5 Å². The van der Waals surface area contributed by atoms with Gasteiger partial charge in [-0.25, -0.2) is 14.4 Å². The molecule has 0 radical (unpaired) electrons. The molecular formula is C33H46N2O9. The van der Waals surface area contributed by atoms with E-state index in [4.69, 9.17) is 23.7 Å². The first-order valence-corrected chi connectivity index (χ1v) is 15.7. The minimum atomic E-state index is -0.883. The molecule has 0 aromatic carbocycles. The van der Waals surface area contributed by atoms with Crippen molar-refractivity contribution >= 4 is 18.0 Å². The fourth-order valence-electron chi connectivity index (χ4n) is 6.87. The molecular weight excluding hydrogens is 568 g/mol. The van der Waals surface area contributed by atoms with Crippen molar-refractivity contribution in [1.82, 2.24) is 10.3 Å². The lowest BCUT2D eigenvalue weighted by molar-refractivity contribution is -0.172. The summed E-state index contributed by atoms with van der Waals surface area (Å²) in [5.41, 5.74) is 0.442. The quantitative estimate of drug-likeness (QED) is 0.213. The fourth-order valence-corrected chi connectivity index (χ4v) is 6.87. The molecule has 5 rings (SSSR count). The Hall–Kier alpha value is -3.15. The smallest absolute Gasteiger partial charge is 0.407 e. The molecule has 2 bridgehead atoms. The topological polar surface area (TPSA) is 145 Å². The van der Waals surface area contributed by atoms with E-state index < -0.39 is 66.2 Å². The fraction of sp³-hybridized carbons (Fsp3) is 0.667. The number of methoxy groups -OCH3 is 1. The summed E-state index contributed by atoms with van der Waals surface area (Å²) >= 11 is 0.